The summed E-state index contributed by atoms with van der Waals surface area (Å²) < 4.78 is 5.93. The topological polar surface area (TPSA) is 33.0 Å². The Kier molecular flexibility index (Phi) is 3.57. The van der Waals surface area contributed by atoms with Crippen LogP contribution in [0.2, 0.25) is 0 Å². The summed E-state index contributed by atoms with van der Waals surface area (Å²) in [7, 11) is 0. The molecule has 0 unspecified atom stereocenters. The first-order valence-electron chi connectivity index (χ1n) is 6.28. The molecule has 2 rings (SSSR count). The van der Waals surface area contributed by atoms with Crippen molar-refractivity contribution >= 4 is 0 Å². The van der Waals surface area contributed by atoms with Crippen molar-refractivity contribution in [3.8, 4) is 17.6 Å². The van der Waals surface area contributed by atoms with Crippen LogP contribution in [0.5, 0.6) is 11.5 Å². The largest absolute Gasteiger partial charge is 0.457 e. The molecule has 2 heteroatoms. The van der Waals surface area contributed by atoms with Gasteiger partial charge in [0.1, 0.15) is 11.5 Å². The maximum absolute atomic E-state index is 8.91. The zero-order chi connectivity index (χ0) is 13.9. The van der Waals surface area contributed by atoms with E-state index >= 15 is 0 Å². The quantitative estimate of drug-likeness (QED) is 0.778. The fraction of sp³-hybridized carbons (Fsp3) is 0.235. The third-order valence-corrected chi connectivity index (χ3v) is 2.89. The maximum Gasteiger partial charge on any atom is 0.131 e. The molecule has 2 nitrogen and oxygen atoms in total. The van der Waals surface area contributed by atoms with Gasteiger partial charge in [-0.3, -0.25) is 0 Å². The van der Waals surface area contributed by atoms with Crippen LogP contribution in [-0.4, -0.2) is 0 Å². The highest BCUT2D eigenvalue weighted by molar-refractivity contribution is 5.43. The Bertz CT molecular complexity index is 618. The molecule has 19 heavy (non-hydrogen) atoms. The van der Waals surface area contributed by atoms with Gasteiger partial charge in [0.25, 0.3) is 0 Å². The fourth-order valence-electron chi connectivity index (χ4n) is 1.93. The number of hydrogen-bond acceptors (Lipinski definition) is 2. The van der Waals surface area contributed by atoms with Crippen molar-refractivity contribution in [2.24, 2.45) is 0 Å². The van der Waals surface area contributed by atoms with E-state index in [0.29, 0.717) is 11.3 Å². The van der Waals surface area contributed by atoms with Gasteiger partial charge in [0, 0.05) is 5.56 Å². The monoisotopic (exact) mass is 251 g/mol. The predicted octanol–water partition coefficient (Wildman–Crippen LogP) is 4.65. The van der Waals surface area contributed by atoms with Crippen molar-refractivity contribution in [2.75, 3.05) is 0 Å². The highest BCUT2D eigenvalue weighted by atomic mass is 16.5. The van der Waals surface area contributed by atoms with Crippen LogP contribution in [0.1, 0.15) is 31.9 Å². The minimum atomic E-state index is 0.0173. The Morgan fingerprint density at radius 1 is 1.00 bits per heavy atom. The Labute approximate surface area is 114 Å². The summed E-state index contributed by atoms with van der Waals surface area (Å²) >= 11 is 0. The Morgan fingerprint density at radius 3 is 2.42 bits per heavy atom. The summed E-state index contributed by atoms with van der Waals surface area (Å²) in [6.07, 6.45) is 0. The minimum absolute atomic E-state index is 0.0173. The molecule has 0 aromatic heterocycles. The van der Waals surface area contributed by atoms with Crippen LogP contribution < -0.4 is 4.74 Å². The van der Waals surface area contributed by atoms with Crippen LogP contribution in [0.25, 0.3) is 0 Å². The molecule has 0 aliphatic carbocycles. The lowest BCUT2D eigenvalue weighted by molar-refractivity contribution is 0.455. The van der Waals surface area contributed by atoms with Gasteiger partial charge in [0.05, 0.1) is 11.6 Å². The third-order valence-electron chi connectivity index (χ3n) is 2.89. The lowest BCUT2D eigenvalue weighted by atomic mass is 9.86. The standard InChI is InChI=1S/C17H17NO/c1-17(2,3)15-9-4-5-10-16(15)19-14-8-6-7-13(11-14)12-18/h4-11H,1-3H3. The second kappa shape index (κ2) is 5.16. The number of para-hydroxylation sites is 1. The summed E-state index contributed by atoms with van der Waals surface area (Å²) in [5.41, 5.74) is 1.77. The van der Waals surface area contributed by atoms with Crippen LogP contribution in [0, 0.1) is 11.3 Å². The first-order chi connectivity index (χ1) is 9.00. The van der Waals surface area contributed by atoms with E-state index in [2.05, 4.69) is 32.9 Å². The summed E-state index contributed by atoms with van der Waals surface area (Å²) in [6, 6.07) is 17.3. The highest BCUT2D eigenvalue weighted by Crippen LogP contribution is 2.33. The van der Waals surface area contributed by atoms with E-state index in [-0.39, 0.29) is 5.41 Å². The van der Waals surface area contributed by atoms with Gasteiger partial charge in [-0.05, 0) is 29.7 Å². The van der Waals surface area contributed by atoms with Crippen LogP contribution >= 0.6 is 0 Å². The van der Waals surface area contributed by atoms with Gasteiger partial charge in [-0.2, -0.15) is 5.26 Å². The van der Waals surface area contributed by atoms with E-state index in [1.807, 2.05) is 30.3 Å². The number of rotatable bonds is 2. The van der Waals surface area contributed by atoms with Gasteiger partial charge in [-0.1, -0.05) is 45.0 Å². The van der Waals surface area contributed by atoms with E-state index in [1.54, 1.807) is 12.1 Å². The molecule has 0 atom stereocenters. The molecule has 0 heterocycles. The maximum atomic E-state index is 8.91. The van der Waals surface area contributed by atoms with E-state index in [1.165, 1.54) is 0 Å². The average molecular weight is 251 g/mol. The summed E-state index contributed by atoms with van der Waals surface area (Å²) in [5.74, 6) is 1.53. The fourth-order valence-corrected chi connectivity index (χ4v) is 1.93. The third kappa shape index (κ3) is 3.14. The smallest absolute Gasteiger partial charge is 0.131 e. The molecule has 0 aliphatic rings. The van der Waals surface area contributed by atoms with Crippen molar-refractivity contribution in [3.05, 3.63) is 59.7 Å². The zero-order valence-corrected chi connectivity index (χ0v) is 11.5. The van der Waals surface area contributed by atoms with E-state index in [4.69, 9.17) is 10.00 Å². The Morgan fingerprint density at radius 2 is 1.74 bits per heavy atom. The van der Waals surface area contributed by atoms with Gasteiger partial charge in [0.15, 0.2) is 0 Å². The van der Waals surface area contributed by atoms with Gasteiger partial charge >= 0.3 is 0 Å². The van der Waals surface area contributed by atoms with Crippen molar-refractivity contribution in [1.82, 2.24) is 0 Å². The molecule has 0 N–H and O–H groups in total. The highest BCUT2D eigenvalue weighted by Gasteiger charge is 2.18. The first-order valence-corrected chi connectivity index (χ1v) is 6.28. The molecular formula is C17H17NO. The van der Waals surface area contributed by atoms with Gasteiger partial charge in [-0.15, -0.1) is 0 Å². The molecule has 2 aromatic rings. The number of ether oxygens (including phenoxy) is 1. The van der Waals surface area contributed by atoms with Gasteiger partial charge in [-0.25, -0.2) is 0 Å². The Balaban J connectivity index is 2.36. The molecule has 0 saturated carbocycles. The average Bonchev–Trinajstić information content (AvgIpc) is 2.38. The molecule has 96 valence electrons. The number of benzene rings is 2. The van der Waals surface area contributed by atoms with Crippen molar-refractivity contribution in [2.45, 2.75) is 26.2 Å². The second-order valence-electron chi connectivity index (χ2n) is 5.49. The zero-order valence-electron chi connectivity index (χ0n) is 11.5. The van der Waals surface area contributed by atoms with Crippen LogP contribution in [-0.2, 0) is 5.41 Å². The summed E-state index contributed by atoms with van der Waals surface area (Å²) in [4.78, 5) is 0. The van der Waals surface area contributed by atoms with E-state index in [0.717, 1.165) is 11.3 Å². The summed E-state index contributed by atoms with van der Waals surface area (Å²) in [6.45, 7) is 6.46. The SMILES string of the molecule is CC(C)(C)c1ccccc1Oc1cccc(C#N)c1. The molecule has 2 aromatic carbocycles. The lowest BCUT2D eigenvalue weighted by Gasteiger charge is -2.22. The number of hydrogen-bond donors (Lipinski definition) is 0. The molecule has 0 spiro atoms. The van der Waals surface area contributed by atoms with Crippen LogP contribution in [0.3, 0.4) is 0 Å². The molecule has 0 aliphatic heterocycles. The van der Waals surface area contributed by atoms with Crippen molar-refractivity contribution < 1.29 is 4.74 Å². The number of nitriles is 1. The van der Waals surface area contributed by atoms with E-state index < -0.39 is 0 Å². The van der Waals surface area contributed by atoms with Crippen molar-refractivity contribution in [1.29, 1.82) is 5.26 Å². The lowest BCUT2D eigenvalue weighted by Crippen LogP contribution is -2.12. The molecule has 0 radical (unpaired) electrons. The van der Waals surface area contributed by atoms with Crippen LogP contribution in [0.15, 0.2) is 48.5 Å². The Hall–Kier alpha value is -2.27. The predicted molar refractivity (Wildman–Crippen MR) is 76.4 cm³/mol. The number of nitrogens with zero attached hydrogens (tertiary/aromatic N) is 1. The first kappa shape index (κ1) is 13.2. The van der Waals surface area contributed by atoms with E-state index in [9.17, 15) is 0 Å². The molecular weight excluding hydrogens is 234 g/mol. The molecule has 0 amide bonds. The summed E-state index contributed by atoms with van der Waals surface area (Å²) in [5, 5.41) is 8.91. The van der Waals surface area contributed by atoms with Gasteiger partial charge < -0.3 is 4.74 Å². The minimum Gasteiger partial charge on any atom is -0.457 e. The normalized spacial score (nSPS) is 10.8. The second-order valence-corrected chi connectivity index (χ2v) is 5.49. The van der Waals surface area contributed by atoms with Crippen LogP contribution in [0.4, 0.5) is 0 Å². The van der Waals surface area contributed by atoms with Gasteiger partial charge in [0.2, 0.25) is 0 Å². The van der Waals surface area contributed by atoms with Crippen molar-refractivity contribution in [3.63, 3.8) is 0 Å². The molecule has 0 saturated heterocycles. The molecule has 0 fully saturated rings. The molecule has 0 bridgehead atoms.